The van der Waals surface area contributed by atoms with Gasteiger partial charge in [0.05, 0.1) is 16.9 Å². The molecule has 0 spiro atoms. The van der Waals surface area contributed by atoms with Gasteiger partial charge in [0.2, 0.25) is 5.91 Å². The van der Waals surface area contributed by atoms with E-state index in [1.165, 1.54) is 12.3 Å². The first-order valence-electron chi connectivity index (χ1n) is 6.71. The van der Waals surface area contributed by atoms with Gasteiger partial charge in [0.1, 0.15) is 11.2 Å². The van der Waals surface area contributed by atoms with E-state index in [-0.39, 0.29) is 17.1 Å². The highest BCUT2D eigenvalue weighted by molar-refractivity contribution is 6.36. The molecule has 2 heterocycles. The lowest BCUT2D eigenvalue weighted by atomic mass is 10.1. The fourth-order valence-electron chi connectivity index (χ4n) is 2.17. The number of pyridine rings is 1. The molecule has 0 radical (unpaired) electrons. The van der Waals surface area contributed by atoms with Crippen LogP contribution >= 0.6 is 23.2 Å². The number of aromatic nitrogens is 1. The van der Waals surface area contributed by atoms with E-state index in [1.54, 1.807) is 11.9 Å². The first kappa shape index (κ1) is 16.5. The normalized spacial score (nSPS) is 17.8. The molecule has 21 heavy (non-hydrogen) atoms. The van der Waals surface area contributed by atoms with Gasteiger partial charge in [-0.2, -0.15) is 0 Å². The Bertz CT molecular complexity index is 509. The number of nitrogens with zero attached hydrogens (tertiary/aromatic N) is 2. The monoisotopic (exact) mass is 332 g/mol. The van der Waals surface area contributed by atoms with Crippen LogP contribution in [0.15, 0.2) is 12.3 Å². The van der Waals surface area contributed by atoms with Crippen LogP contribution in [0.3, 0.4) is 0 Å². The van der Waals surface area contributed by atoms with Gasteiger partial charge in [-0.1, -0.05) is 23.2 Å². The van der Waals surface area contributed by atoms with Crippen LogP contribution in [0.25, 0.3) is 0 Å². The fourth-order valence-corrected chi connectivity index (χ4v) is 2.58. The molecule has 1 atom stereocenters. The van der Waals surface area contributed by atoms with E-state index in [0.29, 0.717) is 23.9 Å². The summed E-state index contributed by atoms with van der Waals surface area (Å²) in [7, 11) is 0. The minimum atomic E-state index is -0.486. The quantitative estimate of drug-likeness (QED) is 0.501. The zero-order valence-electron chi connectivity index (χ0n) is 11.7. The number of carbonyl (C=O) groups is 1. The third-order valence-electron chi connectivity index (χ3n) is 3.52. The molecule has 0 saturated carbocycles. The molecule has 0 bridgehead atoms. The fraction of sp³-hybridized carbons (Fsp3) is 0.538. The molecule has 1 aromatic rings. The highest BCUT2D eigenvalue weighted by atomic mass is 35.5. The third-order valence-corrected chi connectivity index (χ3v) is 4.04. The highest BCUT2D eigenvalue weighted by Gasteiger charge is 2.27. The summed E-state index contributed by atoms with van der Waals surface area (Å²) in [6.07, 6.45) is 3.05. The molecule has 0 aromatic carbocycles. The summed E-state index contributed by atoms with van der Waals surface area (Å²) in [5.41, 5.74) is 0.415. The molecule has 1 aromatic heterocycles. The van der Waals surface area contributed by atoms with Gasteiger partial charge < -0.3 is 10.1 Å². The topological polar surface area (TPSA) is 80.5 Å². The Balaban J connectivity index is 1.98. The molecule has 8 heteroatoms. The van der Waals surface area contributed by atoms with Crippen molar-refractivity contribution in [1.29, 1.82) is 0 Å². The number of nitrogens with one attached hydrogen (secondary N) is 1. The molecule has 0 unspecified atom stereocenters. The second kappa shape index (κ2) is 7.38. The van der Waals surface area contributed by atoms with E-state index in [0.717, 1.165) is 12.8 Å². The van der Waals surface area contributed by atoms with E-state index in [1.807, 2.05) is 0 Å². The number of halogens is 2. The molecule has 3 N–H and O–H groups in total. The summed E-state index contributed by atoms with van der Waals surface area (Å²) in [5, 5.41) is 4.90. The molecule has 1 amide bonds. The van der Waals surface area contributed by atoms with Crippen molar-refractivity contribution in [1.82, 2.24) is 9.99 Å². The predicted molar refractivity (Wildman–Crippen MR) is 82.2 cm³/mol. The smallest absolute Gasteiger partial charge is 0.242 e. The molecular weight excluding hydrogens is 315 g/mol. The number of nitrogens with two attached hydrogens (primary N) is 1. The lowest BCUT2D eigenvalue weighted by Gasteiger charge is -2.34. The second-order valence-corrected chi connectivity index (χ2v) is 5.74. The summed E-state index contributed by atoms with van der Waals surface area (Å²) < 4.78 is 5.29. The molecule has 1 fully saturated rings. The summed E-state index contributed by atoms with van der Waals surface area (Å²) in [4.78, 5) is 16.1. The van der Waals surface area contributed by atoms with Crippen molar-refractivity contribution in [2.24, 2.45) is 5.84 Å². The van der Waals surface area contributed by atoms with Crippen LogP contribution in [0.2, 0.25) is 10.2 Å². The van der Waals surface area contributed by atoms with Crippen LogP contribution in [0, 0.1) is 0 Å². The van der Waals surface area contributed by atoms with E-state index in [9.17, 15) is 4.79 Å². The molecule has 1 aliphatic heterocycles. The number of hydrogen-bond acceptors (Lipinski definition) is 5. The minimum Gasteiger partial charge on any atom is -0.381 e. The van der Waals surface area contributed by atoms with Crippen molar-refractivity contribution < 1.29 is 9.53 Å². The Kier molecular flexibility index (Phi) is 5.78. The Labute approximate surface area is 133 Å². The van der Waals surface area contributed by atoms with E-state index in [4.69, 9.17) is 33.8 Å². The van der Waals surface area contributed by atoms with Crippen LogP contribution in [0.4, 0.5) is 5.69 Å². The van der Waals surface area contributed by atoms with Crippen molar-refractivity contribution in [2.45, 2.75) is 31.8 Å². The van der Waals surface area contributed by atoms with Crippen molar-refractivity contribution in [3.63, 3.8) is 0 Å². The van der Waals surface area contributed by atoms with Gasteiger partial charge in [-0.15, -0.1) is 0 Å². The number of anilines is 1. The molecule has 1 saturated heterocycles. The second-order valence-electron chi connectivity index (χ2n) is 4.94. The number of hydrazine groups is 1. The number of rotatable bonds is 4. The summed E-state index contributed by atoms with van der Waals surface area (Å²) in [5.74, 6) is 5.82. The average molecular weight is 333 g/mol. The van der Waals surface area contributed by atoms with Gasteiger partial charge in [0.25, 0.3) is 0 Å². The minimum absolute atomic E-state index is 0.137. The van der Waals surface area contributed by atoms with Crippen molar-refractivity contribution >= 4 is 34.8 Å². The van der Waals surface area contributed by atoms with Gasteiger partial charge in [0.15, 0.2) is 0 Å². The third kappa shape index (κ3) is 4.28. The van der Waals surface area contributed by atoms with Gasteiger partial charge in [-0.3, -0.25) is 10.6 Å². The maximum atomic E-state index is 12.3. The van der Waals surface area contributed by atoms with Crippen LogP contribution in [0.1, 0.15) is 19.8 Å². The van der Waals surface area contributed by atoms with Crippen LogP contribution in [0.5, 0.6) is 0 Å². The molecule has 116 valence electrons. The van der Waals surface area contributed by atoms with E-state index >= 15 is 0 Å². The van der Waals surface area contributed by atoms with Crippen LogP contribution < -0.4 is 11.2 Å². The molecule has 1 aliphatic rings. The summed E-state index contributed by atoms with van der Waals surface area (Å²) in [6, 6.07) is 1.13. The molecule has 0 aliphatic carbocycles. The van der Waals surface area contributed by atoms with Gasteiger partial charge >= 0.3 is 0 Å². The first-order chi connectivity index (χ1) is 9.99. The van der Waals surface area contributed by atoms with E-state index < -0.39 is 6.04 Å². The SMILES string of the molecule is C[C@H](C(=O)Nc1cnc(Cl)cc1Cl)N(N)C1CCOCC1. The van der Waals surface area contributed by atoms with Crippen molar-refractivity contribution in [2.75, 3.05) is 18.5 Å². The zero-order valence-corrected chi connectivity index (χ0v) is 13.2. The molecule has 2 rings (SSSR count). The lowest BCUT2D eigenvalue weighted by Crippen LogP contribution is -2.53. The van der Waals surface area contributed by atoms with Gasteiger partial charge in [-0.05, 0) is 25.8 Å². The first-order valence-corrected chi connectivity index (χ1v) is 7.47. The maximum absolute atomic E-state index is 12.3. The Morgan fingerprint density at radius 2 is 2.19 bits per heavy atom. The van der Waals surface area contributed by atoms with E-state index in [2.05, 4.69) is 10.3 Å². The average Bonchev–Trinajstić information content (AvgIpc) is 2.49. The van der Waals surface area contributed by atoms with Crippen molar-refractivity contribution in [3.05, 3.63) is 22.4 Å². The summed E-state index contributed by atoms with van der Waals surface area (Å²) >= 11 is 11.7. The largest absolute Gasteiger partial charge is 0.381 e. The highest BCUT2D eigenvalue weighted by Crippen LogP contribution is 2.23. The van der Waals surface area contributed by atoms with Crippen molar-refractivity contribution in [3.8, 4) is 0 Å². The molecule has 6 nitrogen and oxygen atoms in total. The maximum Gasteiger partial charge on any atom is 0.242 e. The Morgan fingerprint density at radius 1 is 1.52 bits per heavy atom. The Hall–Kier alpha value is -0.920. The van der Waals surface area contributed by atoms with Gasteiger partial charge in [0, 0.05) is 19.3 Å². The lowest BCUT2D eigenvalue weighted by molar-refractivity contribution is -0.122. The van der Waals surface area contributed by atoms with Crippen LogP contribution in [-0.4, -0.2) is 41.2 Å². The predicted octanol–water partition coefficient (Wildman–Crippen LogP) is 2.07. The number of hydrogen-bond donors (Lipinski definition) is 2. The van der Waals surface area contributed by atoms with Crippen LogP contribution in [-0.2, 0) is 9.53 Å². The zero-order chi connectivity index (χ0) is 15.4. The number of carbonyl (C=O) groups excluding carboxylic acids is 1. The number of amides is 1. The molecular formula is C13H18Cl2N4O2. The summed E-state index contributed by atoms with van der Waals surface area (Å²) in [6.45, 7) is 3.08. The standard InChI is InChI=1S/C13H18Cl2N4O2/c1-8(19(16)9-2-4-21-5-3-9)13(20)18-11-7-17-12(15)6-10(11)14/h6-9H,2-5,16H2,1H3,(H,18,20)/t8-/m1/s1. The number of ether oxygens (including phenoxy) is 1. The van der Waals surface area contributed by atoms with Gasteiger partial charge in [-0.25, -0.2) is 9.99 Å². The Morgan fingerprint density at radius 3 is 2.81 bits per heavy atom.